The molecule has 0 atom stereocenters. The van der Waals surface area contributed by atoms with Gasteiger partial charge >= 0.3 is 0 Å². The highest BCUT2D eigenvalue weighted by Crippen LogP contribution is 2.33. The molecule has 2 aromatic heterocycles. The Balaban J connectivity index is 1.09. The molecule has 0 aliphatic carbocycles. The maximum atomic E-state index is 13.3. The van der Waals surface area contributed by atoms with Gasteiger partial charge in [-0.1, -0.05) is 42.5 Å². The van der Waals surface area contributed by atoms with Gasteiger partial charge in [0, 0.05) is 38.3 Å². The highest BCUT2D eigenvalue weighted by Gasteiger charge is 2.27. The third kappa shape index (κ3) is 5.56. The predicted octanol–water partition coefficient (Wildman–Crippen LogP) is 3.93. The predicted molar refractivity (Wildman–Crippen MR) is 148 cm³/mol. The lowest BCUT2D eigenvalue weighted by Crippen LogP contribution is -2.52. The van der Waals surface area contributed by atoms with E-state index in [1.165, 1.54) is 11.3 Å². The molecule has 2 aromatic carbocycles. The Morgan fingerprint density at radius 2 is 1.69 bits per heavy atom. The number of piperazine rings is 1. The Morgan fingerprint density at radius 3 is 2.44 bits per heavy atom. The monoisotopic (exact) mass is 541 g/mol. The molecule has 0 saturated carbocycles. The van der Waals surface area contributed by atoms with Crippen LogP contribution in [0.5, 0.6) is 11.5 Å². The summed E-state index contributed by atoms with van der Waals surface area (Å²) in [7, 11) is 0. The first kappa shape index (κ1) is 24.9. The van der Waals surface area contributed by atoms with E-state index in [-0.39, 0.29) is 25.2 Å². The van der Waals surface area contributed by atoms with Crippen molar-refractivity contribution in [2.24, 2.45) is 0 Å². The number of aromatic nitrogens is 2. The maximum absolute atomic E-state index is 13.3. The number of hydrogen-bond acceptors (Lipinski definition) is 8. The molecule has 0 N–H and O–H groups in total. The van der Waals surface area contributed by atoms with Crippen molar-refractivity contribution in [3.8, 4) is 22.8 Å². The zero-order valence-electron chi connectivity index (χ0n) is 21.2. The van der Waals surface area contributed by atoms with Gasteiger partial charge in [-0.25, -0.2) is 0 Å². The number of carbonyl (C=O) groups is 2. The van der Waals surface area contributed by atoms with Gasteiger partial charge in [-0.3, -0.25) is 9.59 Å². The van der Waals surface area contributed by atoms with Gasteiger partial charge < -0.3 is 24.2 Å². The van der Waals surface area contributed by atoms with Gasteiger partial charge in [-0.15, -0.1) is 21.5 Å². The molecule has 39 heavy (non-hydrogen) atoms. The van der Waals surface area contributed by atoms with Gasteiger partial charge in [0.2, 0.25) is 12.7 Å². The second-order valence-corrected chi connectivity index (χ2v) is 10.3. The van der Waals surface area contributed by atoms with Crippen molar-refractivity contribution in [2.45, 2.75) is 6.54 Å². The van der Waals surface area contributed by atoms with E-state index in [2.05, 4.69) is 15.1 Å². The van der Waals surface area contributed by atoms with Gasteiger partial charge in [0.1, 0.15) is 6.54 Å². The van der Waals surface area contributed by atoms with E-state index in [9.17, 15) is 9.59 Å². The first-order chi connectivity index (χ1) is 19.1. The second kappa shape index (κ2) is 11.1. The molecule has 198 valence electrons. The number of nitrogens with zero attached hydrogens (tertiary/aromatic N) is 5. The second-order valence-electron chi connectivity index (χ2n) is 9.34. The fraction of sp³-hybridized carbons (Fsp3) is 0.241. The summed E-state index contributed by atoms with van der Waals surface area (Å²) >= 11 is 1.37. The average Bonchev–Trinajstić information content (AvgIpc) is 3.70. The van der Waals surface area contributed by atoms with E-state index in [1.54, 1.807) is 11.0 Å². The van der Waals surface area contributed by atoms with Crippen LogP contribution in [-0.4, -0.2) is 71.3 Å². The Morgan fingerprint density at radius 1 is 0.872 bits per heavy atom. The molecular formula is C29H27N5O4S. The van der Waals surface area contributed by atoms with E-state index in [0.29, 0.717) is 49.1 Å². The summed E-state index contributed by atoms with van der Waals surface area (Å²) in [6.45, 7) is 2.86. The minimum absolute atomic E-state index is 0.00322. The molecule has 2 amide bonds. The minimum atomic E-state index is -0.163. The molecule has 2 aliphatic rings. The first-order valence-electron chi connectivity index (χ1n) is 12.8. The molecule has 6 rings (SSSR count). The molecule has 2 aliphatic heterocycles. The molecule has 0 radical (unpaired) electrons. The number of thiophene rings is 1. The smallest absolute Gasteiger partial charge is 0.264 e. The molecule has 1 saturated heterocycles. The first-order valence-corrected chi connectivity index (χ1v) is 13.7. The summed E-state index contributed by atoms with van der Waals surface area (Å²) in [6.07, 6.45) is 0. The lowest BCUT2D eigenvalue weighted by molar-refractivity contribution is -0.132. The number of rotatable bonds is 7. The Labute approximate surface area is 230 Å². The summed E-state index contributed by atoms with van der Waals surface area (Å²) in [5.41, 5.74) is 2.72. The summed E-state index contributed by atoms with van der Waals surface area (Å²) in [4.78, 5) is 32.8. The Kier molecular flexibility index (Phi) is 7.09. The number of ether oxygens (including phenoxy) is 2. The van der Waals surface area contributed by atoms with E-state index < -0.39 is 0 Å². The molecule has 10 heteroatoms. The molecule has 4 aromatic rings. The number of carbonyl (C=O) groups excluding carboxylic acids is 2. The van der Waals surface area contributed by atoms with Crippen molar-refractivity contribution >= 4 is 29.0 Å². The van der Waals surface area contributed by atoms with E-state index in [1.807, 2.05) is 77.0 Å². The lowest BCUT2D eigenvalue weighted by atomic mass is 10.1. The standard InChI is InChI=1S/C29H27N5O4S/c35-28(33-14-12-32(13-15-33)27-11-9-23(30-31-27)22-5-2-1-3-6-22)19-34(29(36)26-7-4-16-39-26)18-21-8-10-24-25(17-21)38-20-37-24/h1-11,16-17H,12-15,18-20H2. The average molecular weight is 542 g/mol. The number of fused-ring (bicyclic) bond motifs is 1. The van der Waals surface area contributed by atoms with Crippen LogP contribution in [0.2, 0.25) is 0 Å². The molecule has 4 heterocycles. The van der Waals surface area contributed by atoms with Crippen LogP contribution in [-0.2, 0) is 11.3 Å². The van der Waals surface area contributed by atoms with E-state index >= 15 is 0 Å². The molecule has 9 nitrogen and oxygen atoms in total. The fourth-order valence-corrected chi connectivity index (χ4v) is 5.41. The van der Waals surface area contributed by atoms with Gasteiger partial charge in [0.05, 0.1) is 10.6 Å². The van der Waals surface area contributed by atoms with Gasteiger partial charge in [0.25, 0.3) is 5.91 Å². The molecule has 0 bridgehead atoms. The summed E-state index contributed by atoms with van der Waals surface area (Å²) in [5.74, 6) is 1.88. The number of hydrogen-bond donors (Lipinski definition) is 0. The van der Waals surface area contributed by atoms with Crippen molar-refractivity contribution in [1.29, 1.82) is 0 Å². The van der Waals surface area contributed by atoms with E-state index in [4.69, 9.17) is 9.47 Å². The van der Waals surface area contributed by atoms with Crippen molar-refractivity contribution < 1.29 is 19.1 Å². The van der Waals surface area contributed by atoms with Gasteiger partial charge in [-0.2, -0.15) is 0 Å². The van der Waals surface area contributed by atoms with Crippen LogP contribution in [0.3, 0.4) is 0 Å². The topological polar surface area (TPSA) is 88.1 Å². The third-order valence-corrected chi connectivity index (χ3v) is 7.69. The summed E-state index contributed by atoms with van der Waals surface area (Å²) in [5, 5.41) is 10.7. The lowest BCUT2D eigenvalue weighted by Gasteiger charge is -2.36. The minimum Gasteiger partial charge on any atom is -0.454 e. The normalized spacial score (nSPS) is 14.4. The highest BCUT2D eigenvalue weighted by molar-refractivity contribution is 7.12. The molecule has 0 unspecified atom stereocenters. The van der Waals surface area contributed by atoms with Gasteiger partial charge in [0.15, 0.2) is 17.3 Å². The van der Waals surface area contributed by atoms with Crippen LogP contribution >= 0.6 is 11.3 Å². The van der Waals surface area contributed by atoms with Crippen molar-refractivity contribution in [3.63, 3.8) is 0 Å². The highest BCUT2D eigenvalue weighted by atomic mass is 32.1. The zero-order valence-corrected chi connectivity index (χ0v) is 22.0. The Hall–Kier alpha value is -4.44. The van der Waals surface area contributed by atoms with Crippen LogP contribution in [0.25, 0.3) is 11.3 Å². The van der Waals surface area contributed by atoms with E-state index in [0.717, 1.165) is 22.6 Å². The van der Waals surface area contributed by atoms with Crippen molar-refractivity contribution in [3.05, 3.63) is 88.6 Å². The van der Waals surface area contributed by atoms with Crippen LogP contribution in [0.4, 0.5) is 5.82 Å². The molecule has 0 spiro atoms. The van der Waals surface area contributed by atoms with Crippen molar-refractivity contribution in [2.75, 3.05) is 44.4 Å². The number of benzene rings is 2. The quantitative estimate of drug-likeness (QED) is 0.350. The van der Waals surface area contributed by atoms with Crippen LogP contribution in [0.15, 0.2) is 78.2 Å². The fourth-order valence-electron chi connectivity index (χ4n) is 4.72. The summed E-state index contributed by atoms with van der Waals surface area (Å²) < 4.78 is 10.9. The summed E-state index contributed by atoms with van der Waals surface area (Å²) in [6, 6.07) is 23.1. The van der Waals surface area contributed by atoms with Crippen molar-refractivity contribution in [1.82, 2.24) is 20.0 Å². The SMILES string of the molecule is O=C(CN(Cc1ccc2c(c1)OCO2)C(=O)c1cccs1)N1CCN(c2ccc(-c3ccccc3)nn2)CC1. The van der Waals surface area contributed by atoms with Crippen LogP contribution in [0, 0.1) is 0 Å². The molecule has 1 fully saturated rings. The van der Waals surface area contributed by atoms with Crippen LogP contribution < -0.4 is 14.4 Å². The molecular weight excluding hydrogens is 514 g/mol. The number of amides is 2. The largest absolute Gasteiger partial charge is 0.454 e. The Bertz CT molecular complexity index is 1440. The van der Waals surface area contributed by atoms with Gasteiger partial charge in [-0.05, 0) is 41.3 Å². The third-order valence-electron chi connectivity index (χ3n) is 6.83. The van der Waals surface area contributed by atoms with Crippen LogP contribution in [0.1, 0.15) is 15.2 Å². The maximum Gasteiger partial charge on any atom is 0.264 e. The number of anilines is 1. The zero-order chi connectivity index (χ0) is 26.6.